The first-order valence-electron chi connectivity index (χ1n) is 6.91. The third kappa shape index (κ3) is 6.23. The van der Waals surface area contributed by atoms with Crippen molar-refractivity contribution in [3.63, 3.8) is 0 Å². The van der Waals surface area contributed by atoms with Crippen molar-refractivity contribution < 1.29 is 24.2 Å². The van der Waals surface area contributed by atoms with E-state index in [9.17, 15) is 14.7 Å². The summed E-state index contributed by atoms with van der Waals surface area (Å²) in [5.74, 6) is -2.18. The second kappa shape index (κ2) is 5.99. The number of amides is 1. The average molecular weight is 287 g/mol. The van der Waals surface area contributed by atoms with E-state index in [4.69, 9.17) is 9.47 Å². The fourth-order valence-electron chi connectivity index (χ4n) is 2.13. The van der Waals surface area contributed by atoms with Crippen LogP contribution in [0, 0.1) is 5.92 Å². The first-order valence-corrected chi connectivity index (χ1v) is 6.91. The van der Waals surface area contributed by atoms with Gasteiger partial charge in [0.25, 0.3) is 0 Å². The molecule has 6 heteroatoms. The molecule has 1 aliphatic carbocycles. The van der Waals surface area contributed by atoms with Crippen LogP contribution in [0.2, 0.25) is 0 Å². The third-order valence-electron chi connectivity index (χ3n) is 2.84. The number of ether oxygens (including phenoxy) is 2. The van der Waals surface area contributed by atoms with Crippen LogP contribution in [0.3, 0.4) is 0 Å². The van der Waals surface area contributed by atoms with Crippen molar-refractivity contribution in [3.05, 3.63) is 0 Å². The fourth-order valence-corrected chi connectivity index (χ4v) is 2.13. The summed E-state index contributed by atoms with van der Waals surface area (Å²) in [7, 11) is 0. The SMILES string of the molecule is CC(C)(C)OC(=O)N[C@H]1CCC(C(=O)OC(C)(C)O)C1. The lowest BCUT2D eigenvalue weighted by atomic mass is 10.1. The molecule has 1 fully saturated rings. The zero-order valence-corrected chi connectivity index (χ0v) is 12.9. The van der Waals surface area contributed by atoms with E-state index in [1.807, 2.05) is 0 Å². The van der Waals surface area contributed by atoms with Crippen molar-refractivity contribution in [2.24, 2.45) is 5.92 Å². The number of esters is 1. The molecule has 0 heterocycles. The van der Waals surface area contributed by atoms with E-state index in [2.05, 4.69) is 5.32 Å². The molecule has 1 rings (SSSR count). The molecule has 0 spiro atoms. The van der Waals surface area contributed by atoms with Crippen LogP contribution in [-0.4, -0.2) is 34.6 Å². The Bertz CT molecular complexity index is 367. The van der Waals surface area contributed by atoms with Crippen LogP contribution in [0.1, 0.15) is 53.9 Å². The number of hydrogen-bond donors (Lipinski definition) is 2. The van der Waals surface area contributed by atoms with E-state index in [0.29, 0.717) is 19.3 Å². The summed E-state index contributed by atoms with van der Waals surface area (Å²) < 4.78 is 10.1. The summed E-state index contributed by atoms with van der Waals surface area (Å²) in [6.07, 6.45) is 1.37. The maximum atomic E-state index is 11.8. The van der Waals surface area contributed by atoms with Crippen molar-refractivity contribution in [1.29, 1.82) is 0 Å². The monoisotopic (exact) mass is 287 g/mol. The van der Waals surface area contributed by atoms with Crippen LogP contribution in [0.5, 0.6) is 0 Å². The number of rotatable bonds is 3. The minimum atomic E-state index is -1.46. The van der Waals surface area contributed by atoms with E-state index in [-0.39, 0.29) is 12.0 Å². The Morgan fingerprint density at radius 2 is 1.70 bits per heavy atom. The average Bonchev–Trinajstić information content (AvgIpc) is 2.59. The second-order valence-electron chi connectivity index (χ2n) is 6.72. The lowest BCUT2D eigenvalue weighted by Crippen LogP contribution is -2.38. The van der Waals surface area contributed by atoms with Gasteiger partial charge in [0.2, 0.25) is 5.79 Å². The highest BCUT2D eigenvalue weighted by molar-refractivity contribution is 5.74. The summed E-state index contributed by atoms with van der Waals surface area (Å²) in [6.45, 7) is 8.22. The van der Waals surface area contributed by atoms with Crippen LogP contribution in [0.25, 0.3) is 0 Å². The van der Waals surface area contributed by atoms with Crippen LogP contribution in [-0.2, 0) is 14.3 Å². The number of carbonyl (C=O) groups is 2. The van der Waals surface area contributed by atoms with Crippen LogP contribution in [0.15, 0.2) is 0 Å². The van der Waals surface area contributed by atoms with Gasteiger partial charge in [0.05, 0.1) is 5.92 Å². The van der Waals surface area contributed by atoms with Crippen molar-refractivity contribution in [1.82, 2.24) is 5.32 Å². The Morgan fingerprint density at radius 1 is 1.10 bits per heavy atom. The molecular weight excluding hydrogens is 262 g/mol. The summed E-state index contributed by atoms with van der Waals surface area (Å²) in [4.78, 5) is 23.4. The Morgan fingerprint density at radius 3 is 2.20 bits per heavy atom. The van der Waals surface area contributed by atoms with Crippen LogP contribution < -0.4 is 5.32 Å². The van der Waals surface area contributed by atoms with Crippen molar-refractivity contribution >= 4 is 12.1 Å². The molecule has 0 bridgehead atoms. The fraction of sp³-hybridized carbons (Fsp3) is 0.857. The molecule has 0 aromatic rings. The van der Waals surface area contributed by atoms with Gasteiger partial charge in [-0.1, -0.05) is 0 Å². The molecule has 0 saturated heterocycles. The minimum absolute atomic E-state index is 0.0933. The molecule has 1 amide bonds. The van der Waals surface area contributed by atoms with E-state index in [0.717, 1.165) is 0 Å². The molecule has 1 unspecified atom stereocenters. The first-order chi connectivity index (χ1) is 8.96. The van der Waals surface area contributed by atoms with E-state index >= 15 is 0 Å². The predicted octanol–water partition coefficient (Wildman–Crippen LogP) is 1.95. The van der Waals surface area contributed by atoms with Gasteiger partial charge in [0.15, 0.2) is 0 Å². The first kappa shape index (κ1) is 16.8. The van der Waals surface area contributed by atoms with Gasteiger partial charge >= 0.3 is 12.1 Å². The topological polar surface area (TPSA) is 84.9 Å². The summed E-state index contributed by atoms with van der Waals surface area (Å²) in [5.41, 5.74) is -0.540. The van der Waals surface area contributed by atoms with E-state index < -0.39 is 23.5 Å². The van der Waals surface area contributed by atoms with Gasteiger partial charge in [-0.3, -0.25) is 4.79 Å². The van der Waals surface area contributed by atoms with Gasteiger partial charge in [-0.15, -0.1) is 0 Å². The molecular formula is C14H25NO5. The Kier molecular flexibility index (Phi) is 5.02. The Hall–Kier alpha value is -1.30. The Balaban J connectivity index is 2.40. The highest BCUT2D eigenvalue weighted by Gasteiger charge is 2.34. The highest BCUT2D eigenvalue weighted by atomic mass is 16.7. The molecule has 0 aliphatic heterocycles. The number of aliphatic hydroxyl groups is 1. The summed E-state index contributed by atoms with van der Waals surface area (Å²) >= 11 is 0. The van der Waals surface area contributed by atoms with Crippen molar-refractivity contribution in [2.45, 2.75) is 71.3 Å². The van der Waals surface area contributed by atoms with Crippen molar-refractivity contribution in [3.8, 4) is 0 Å². The summed E-state index contributed by atoms with van der Waals surface area (Å²) in [5, 5.41) is 12.2. The van der Waals surface area contributed by atoms with Crippen LogP contribution in [0.4, 0.5) is 4.79 Å². The quantitative estimate of drug-likeness (QED) is 0.612. The minimum Gasteiger partial charge on any atom is -0.444 e. The lowest BCUT2D eigenvalue weighted by molar-refractivity contribution is -0.199. The third-order valence-corrected chi connectivity index (χ3v) is 2.84. The molecule has 2 N–H and O–H groups in total. The summed E-state index contributed by atoms with van der Waals surface area (Å²) in [6, 6.07) is -0.0933. The number of nitrogens with one attached hydrogen (secondary N) is 1. The molecule has 0 radical (unpaired) electrons. The number of carbonyl (C=O) groups excluding carboxylic acids is 2. The van der Waals surface area contributed by atoms with Gasteiger partial charge in [-0.2, -0.15) is 0 Å². The molecule has 2 atom stereocenters. The predicted molar refractivity (Wildman–Crippen MR) is 72.9 cm³/mol. The lowest BCUT2D eigenvalue weighted by Gasteiger charge is -2.22. The molecule has 0 aromatic heterocycles. The second-order valence-corrected chi connectivity index (χ2v) is 6.72. The van der Waals surface area contributed by atoms with E-state index in [1.54, 1.807) is 20.8 Å². The smallest absolute Gasteiger partial charge is 0.407 e. The van der Waals surface area contributed by atoms with Crippen LogP contribution >= 0.6 is 0 Å². The zero-order chi connectivity index (χ0) is 15.6. The maximum Gasteiger partial charge on any atom is 0.407 e. The number of hydrogen-bond acceptors (Lipinski definition) is 5. The molecule has 6 nitrogen and oxygen atoms in total. The number of alkyl carbamates (subject to hydrolysis) is 1. The standard InChI is InChI=1S/C14H25NO5/c1-13(2,3)20-12(17)15-10-7-6-9(8-10)11(16)19-14(4,5)18/h9-10,18H,6-8H2,1-5H3,(H,15,17)/t9?,10-/m0/s1. The van der Waals surface area contributed by atoms with Gasteiger partial charge in [0, 0.05) is 19.9 Å². The molecule has 0 aromatic carbocycles. The molecule has 1 saturated carbocycles. The maximum absolute atomic E-state index is 11.8. The molecule has 1 aliphatic rings. The van der Waals surface area contributed by atoms with Gasteiger partial charge in [0.1, 0.15) is 5.60 Å². The van der Waals surface area contributed by atoms with Gasteiger partial charge in [-0.05, 0) is 40.0 Å². The largest absolute Gasteiger partial charge is 0.444 e. The molecule has 20 heavy (non-hydrogen) atoms. The normalized spacial score (nSPS) is 23.3. The zero-order valence-electron chi connectivity index (χ0n) is 12.9. The van der Waals surface area contributed by atoms with Crippen molar-refractivity contribution in [2.75, 3.05) is 0 Å². The van der Waals surface area contributed by atoms with Gasteiger partial charge < -0.3 is 19.9 Å². The van der Waals surface area contributed by atoms with E-state index in [1.165, 1.54) is 13.8 Å². The Labute approximate surface area is 119 Å². The highest BCUT2D eigenvalue weighted by Crippen LogP contribution is 2.28. The van der Waals surface area contributed by atoms with Gasteiger partial charge in [-0.25, -0.2) is 4.79 Å². The molecule has 116 valence electrons.